The third-order valence-corrected chi connectivity index (χ3v) is 3.98. The number of nitrogens with zero attached hydrogens (tertiary/aromatic N) is 1. The van der Waals surface area contributed by atoms with E-state index in [-0.39, 0.29) is 0 Å². The highest BCUT2D eigenvalue weighted by atomic mass is 32.1. The van der Waals surface area contributed by atoms with Crippen LogP contribution in [-0.2, 0) is 4.74 Å². The van der Waals surface area contributed by atoms with Gasteiger partial charge in [-0.25, -0.2) is 0 Å². The fourth-order valence-electron chi connectivity index (χ4n) is 1.80. The largest absolute Gasteiger partial charge is 0.377 e. The maximum atomic E-state index is 5.89. The molecule has 2 N–H and O–H groups in total. The van der Waals surface area contributed by atoms with Gasteiger partial charge in [0.05, 0.1) is 18.8 Å². The van der Waals surface area contributed by atoms with E-state index in [1.807, 2.05) is 0 Å². The number of likely N-dealkylation sites (N-methyl/N-ethyl adjacent to an activating group) is 1. The molecule has 0 saturated carbocycles. The maximum absolute atomic E-state index is 5.89. The van der Waals surface area contributed by atoms with Gasteiger partial charge in [0.15, 0.2) is 0 Å². The average molecular weight is 256 g/mol. The summed E-state index contributed by atoms with van der Waals surface area (Å²) < 4.78 is 5.58. The standard InChI is InChI=1S/C13H24N2OS/c1-10(2)16-7-6-15(4)12(9-14)13-11(3)5-8-17-13/h5,8,10,12H,6-7,9,14H2,1-4H3. The minimum Gasteiger partial charge on any atom is -0.377 e. The van der Waals surface area contributed by atoms with Crippen molar-refractivity contribution in [1.82, 2.24) is 4.90 Å². The van der Waals surface area contributed by atoms with Crippen LogP contribution in [0.25, 0.3) is 0 Å². The number of nitrogens with two attached hydrogens (primary N) is 1. The molecule has 0 aliphatic carbocycles. The molecular formula is C13H24N2OS. The number of aryl methyl sites for hydroxylation is 1. The third-order valence-electron chi connectivity index (χ3n) is 2.85. The lowest BCUT2D eigenvalue weighted by atomic mass is 10.1. The van der Waals surface area contributed by atoms with Gasteiger partial charge in [-0.3, -0.25) is 4.90 Å². The van der Waals surface area contributed by atoms with Gasteiger partial charge in [-0.2, -0.15) is 0 Å². The predicted octanol–water partition coefficient (Wildman–Crippen LogP) is 2.41. The number of hydrogen-bond donors (Lipinski definition) is 1. The minimum absolute atomic E-state index is 0.295. The van der Waals surface area contributed by atoms with Crippen LogP contribution in [-0.4, -0.2) is 37.7 Å². The fourth-order valence-corrected chi connectivity index (χ4v) is 2.91. The van der Waals surface area contributed by atoms with Gasteiger partial charge in [0.2, 0.25) is 0 Å². The van der Waals surface area contributed by atoms with Crippen molar-refractivity contribution in [2.45, 2.75) is 32.9 Å². The van der Waals surface area contributed by atoms with Crippen LogP contribution < -0.4 is 5.73 Å². The molecule has 1 aromatic heterocycles. The van der Waals surface area contributed by atoms with Crippen molar-refractivity contribution in [3.05, 3.63) is 21.9 Å². The smallest absolute Gasteiger partial charge is 0.0597 e. The van der Waals surface area contributed by atoms with Gasteiger partial charge in [-0.05, 0) is 44.8 Å². The van der Waals surface area contributed by atoms with Crippen molar-refractivity contribution in [3.63, 3.8) is 0 Å². The van der Waals surface area contributed by atoms with Gasteiger partial charge in [0, 0.05) is 18.0 Å². The molecule has 1 rings (SSSR count). The summed E-state index contributed by atoms with van der Waals surface area (Å²) in [6, 6.07) is 2.46. The molecule has 1 atom stereocenters. The van der Waals surface area contributed by atoms with Crippen molar-refractivity contribution in [3.8, 4) is 0 Å². The van der Waals surface area contributed by atoms with E-state index in [9.17, 15) is 0 Å². The van der Waals surface area contributed by atoms with Crippen molar-refractivity contribution in [1.29, 1.82) is 0 Å². The van der Waals surface area contributed by atoms with E-state index >= 15 is 0 Å². The Balaban J connectivity index is 2.53. The summed E-state index contributed by atoms with van der Waals surface area (Å²) in [5.41, 5.74) is 7.22. The zero-order chi connectivity index (χ0) is 12.8. The zero-order valence-corrected chi connectivity index (χ0v) is 12.1. The van der Waals surface area contributed by atoms with E-state index in [2.05, 4.69) is 44.2 Å². The van der Waals surface area contributed by atoms with Crippen molar-refractivity contribution in [2.75, 3.05) is 26.7 Å². The molecule has 1 unspecified atom stereocenters. The molecule has 3 nitrogen and oxygen atoms in total. The first kappa shape index (κ1) is 14.6. The van der Waals surface area contributed by atoms with E-state index in [1.165, 1.54) is 10.4 Å². The Hall–Kier alpha value is -0.420. The molecule has 0 radical (unpaired) electrons. The first-order chi connectivity index (χ1) is 8.06. The van der Waals surface area contributed by atoms with E-state index in [0.717, 1.165) is 13.2 Å². The van der Waals surface area contributed by atoms with Gasteiger partial charge < -0.3 is 10.5 Å². The Kier molecular flexibility index (Phi) is 6.12. The van der Waals surface area contributed by atoms with Gasteiger partial charge in [-0.15, -0.1) is 11.3 Å². The Morgan fingerprint density at radius 2 is 2.18 bits per heavy atom. The molecule has 0 bridgehead atoms. The summed E-state index contributed by atoms with van der Waals surface area (Å²) >= 11 is 1.79. The van der Waals surface area contributed by atoms with Gasteiger partial charge >= 0.3 is 0 Å². The van der Waals surface area contributed by atoms with Gasteiger partial charge in [0.1, 0.15) is 0 Å². The fraction of sp³-hybridized carbons (Fsp3) is 0.692. The molecule has 98 valence electrons. The lowest BCUT2D eigenvalue weighted by Gasteiger charge is -2.27. The number of hydrogen-bond acceptors (Lipinski definition) is 4. The lowest BCUT2D eigenvalue weighted by molar-refractivity contribution is 0.0567. The van der Waals surface area contributed by atoms with Crippen LogP contribution >= 0.6 is 11.3 Å². The SMILES string of the molecule is Cc1ccsc1C(CN)N(C)CCOC(C)C. The molecule has 0 amide bonds. The summed E-state index contributed by atoms with van der Waals surface area (Å²) in [6.45, 7) is 8.59. The predicted molar refractivity (Wildman–Crippen MR) is 74.6 cm³/mol. The van der Waals surface area contributed by atoms with Crippen LogP contribution in [0.1, 0.15) is 30.3 Å². The minimum atomic E-state index is 0.295. The number of thiophene rings is 1. The summed E-state index contributed by atoms with van der Waals surface area (Å²) in [7, 11) is 2.11. The van der Waals surface area contributed by atoms with Crippen LogP contribution in [0.5, 0.6) is 0 Å². The second-order valence-corrected chi connectivity index (χ2v) is 5.57. The molecule has 1 heterocycles. The van der Waals surface area contributed by atoms with E-state index < -0.39 is 0 Å². The molecule has 0 fully saturated rings. The molecule has 4 heteroatoms. The second kappa shape index (κ2) is 7.11. The molecule has 0 spiro atoms. The highest BCUT2D eigenvalue weighted by Gasteiger charge is 2.18. The summed E-state index contributed by atoms with van der Waals surface area (Å²) in [4.78, 5) is 3.65. The molecule has 0 aromatic carbocycles. The molecule has 17 heavy (non-hydrogen) atoms. The Labute approximate surface area is 109 Å². The monoisotopic (exact) mass is 256 g/mol. The highest BCUT2D eigenvalue weighted by molar-refractivity contribution is 7.10. The van der Waals surface area contributed by atoms with Gasteiger partial charge in [-0.1, -0.05) is 0 Å². The van der Waals surface area contributed by atoms with Crippen LogP contribution in [0.3, 0.4) is 0 Å². The second-order valence-electron chi connectivity index (χ2n) is 4.62. The molecule has 0 aliphatic rings. The van der Waals surface area contributed by atoms with E-state index in [1.54, 1.807) is 11.3 Å². The number of rotatable bonds is 7. The van der Waals surface area contributed by atoms with E-state index in [4.69, 9.17) is 10.5 Å². The zero-order valence-electron chi connectivity index (χ0n) is 11.3. The molecule has 1 aromatic rings. The average Bonchev–Trinajstić information content (AvgIpc) is 2.66. The van der Waals surface area contributed by atoms with Gasteiger partial charge in [0.25, 0.3) is 0 Å². The van der Waals surface area contributed by atoms with Crippen molar-refractivity contribution >= 4 is 11.3 Å². The summed E-state index contributed by atoms with van der Waals surface area (Å²) in [5.74, 6) is 0. The van der Waals surface area contributed by atoms with Crippen LogP contribution in [0, 0.1) is 6.92 Å². The van der Waals surface area contributed by atoms with Crippen LogP contribution in [0.2, 0.25) is 0 Å². The molecule has 0 aliphatic heterocycles. The first-order valence-electron chi connectivity index (χ1n) is 6.12. The Bertz CT molecular complexity index is 325. The Morgan fingerprint density at radius 1 is 1.47 bits per heavy atom. The first-order valence-corrected chi connectivity index (χ1v) is 7.00. The van der Waals surface area contributed by atoms with Crippen LogP contribution in [0.4, 0.5) is 0 Å². The summed E-state index contributed by atoms with van der Waals surface area (Å²) in [5, 5.41) is 2.13. The quantitative estimate of drug-likeness (QED) is 0.814. The number of ether oxygens (including phenoxy) is 1. The molecule has 0 saturated heterocycles. The third kappa shape index (κ3) is 4.39. The van der Waals surface area contributed by atoms with Crippen LogP contribution in [0.15, 0.2) is 11.4 Å². The maximum Gasteiger partial charge on any atom is 0.0597 e. The highest BCUT2D eigenvalue weighted by Crippen LogP contribution is 2.26. The van der Waals surface area contributed by atoms with Crippen molar-refractivity contribution in [2.24, 2.45) is 5.73 Å². The topological polar surface area (TPSA) is 38.5 Å². The normalized spacial score (nSPS) is 13.6. The lowest BCUT2D eigenvalue weighted by Crippen LogP contribution is -2.33. The Morgan fingerprint density at radius 3 is 2.65 bits per heavy atom. The molecular weight excluding hydrogens is 232 g/mol. The van der Waals surface area contributed by atoms with E-state index in [0.29, 0.717) is 18.7 Å². The summed E-state index contributed by atoms with van der Waals surface area (Å²) in [6.07, 6.45) is 0.295. The van der Waals surface area contributed by atoms with Crippen molar-refractivity contribution < 1.29 is 4.74 Å².